The summed E-state index contributed by atoms with van der Waals surface area (Å²) in [6, 6.07) is 7.40. The maximum Gasteiger partial charge on any atom is 0.230 e. The summed E-state index contributed by atoms with van der Waals surface area (Å²) >= 11 is 0. The topological polar surface area (TPSA) is 67.0 Å². The van der Waals surface area contributed by atoms with Crippen LogP contribution in [0.1, 0.15) is 22.4 Å². The molecule has 1 aliphatic rings. The van der Waals surface area contributed by atoms with Crippen LogP contribution in [0.3, 0.4) is 0 Å². The first kappa shape index (κ1) is 13.4. The third-order valence-corrected chi connectivity index (χ3v) is 3.41. The van der Waals surface area contributed by atoms with Crippen molar-refractivity contribution in [3.8, 4) is 12.3 Å². The van der Waals surface area contributed by atoms with Crippen LogP contribution in [0.5, 0.6) is 0 Å². The average Bonchev–Trinajstić information content (AvgIpc) is 2.91. The minimum absolute atomic E-state index is 0.121. The van der Waals surface area contributed by atoms with Crippen LogP contribution in [0.15, 0.2) is 24.3 Å². The molecule has 5 heteroatoms. The molecule has 21 heavy (non-hydrogen) atoms. The molecule has 2 aromatic rings. The van der Waals surface area contributed by atoms with Gasteiger partial charge in [-0.25, -0.2) is 0 Å². The zero-order valence-electron chi connectivity index (χ0n) is 11.5. The Bertz CT molecular complexity index is 713. The molecule has 1 amide bonds. The minimum atomic E-state index is -0.121. The van der Waals surface area contributed by atoms with E-state index in [0.717, 1.165) is 28.8 Å². The van der Waals surface area contributed by atoms with Crippen molar-refractivity contribution in [3.05, 3.63) is 46.6 Å². The zero-order valence-corrected chi connectivity index (χ0v) is 11.5. The lowest BCUT2D eigenvalue weighted by atomic mass is 10.1. The van der Waals surface area contributed by atoms with Gasteiger partial charge in [0.25, 0.3) is 0 Å². The molecule has 0 atom stereocenters. The Balaban J connectivity index is 1.69. The number of aromatic nitrogens is 2. The van der Waals surface area contributed by atoms with Gasteiger partial charge in [-0.3, -0.25) is 9.89 Å². The van der Waals surface area contributed by atoms with Crippen LogP contribution in [0.25, 0.3) is 0 Å². The van der Waals surface area contributed by atoms with Crippen LogP contribution in [-0.2, 0) is 29.0 Å². The van der Waals surface area contributed by atoms with Gasteiger partial charge in [-0.15, -0.1) is 6.42 Å². The fraction of sp³-hybridized carbons (Fsp3) is 0.250. The van der Waals surface area contributed by atoms with Crippen LogP contribution in [0, 0.1) is 12.3 Å². The number of aromatic amines is 1. The number of nitrogens with zero attached hydrogens (tertiary/aromatic N) is 1. The van der Waals surface area contributed by atoms with Gasteiger partial charge in [0, 0.05) is 23.2 Å². The Hall–Kier alpha value is -2.58. The van der Waals surface area contributed by atoms with E-state index >= 15 is 0 Å². The fourth-order valence-electron chi connectivity index (χ4n) is 2.35. The first-order valence-corrected chi connectivity index (χ1v) is 6.75. The van der Waals surface area contributed by atoms with Gasteiger partial charge in [0.15, 0.2) is 5.82 Å². The molecule has 2 N–H and O–H groups in total. The van der Waals surface area contributed by atoms with Gasteiger partial charge < -0.3 is 10.1 Å². The van der Waals surface area contributed by atoms with Crippen molar-refractivity contribution in [1.82, 2.24) is 10.2 Å². The van der Waals surface area contributed by atoms with Gasteiger partial charge in [-0.05, 0) is 17.7 Å². The summed E-state index contributed by atoms with van der Waals surface area (Å²) in [5.41, 5.74) is 3.62. The van der Waals surface area contributed by atoms with Gasteiger partial charge in [0.1, 0.15) is 0 Å². The standard InChI is InChI=1S/C16H15N3O2/c1-2-11-4-3-5-12(8-11)9-15(20)17-16-13-10-21-7-6-14(13)18-19-16/h1,3-5,8H,6-7,9-10H2,(H2,17,18,19,20). The summed E-state index contributed by atoms with van der Waals surface area (Å²) in [6.07, 6.45) is 6.41. The highest BCUT2D eigenvalue weighted by molar-refractivity contribution is 5.92. The number of benzene rings is 1. The molecule has 3 rings (SSSR count). The van der Waals surface area contributed by atoms with E-state index in [0.29, 0.717) is 19.0 Å². The second-order valence-electron chi connectivity index (χ2n) is 4.90. The van der Waals surface area contributed by atoms with Crippen LogP contribution in [0.2, 0.25) is 0 Å². The Morgan fingerprint density at radius 3 is 3.29 bits per heavy atom. The number of carbonyl (C=O) groups is 1. The van der Waals surface area contributed by atoms with Crippen molar-refractivity contribution >= 4 is 11.7 Å². The van der Waals surface area contributed by atoms with E-state index in [2.05, 4.69) is 21.4 Å². The quantitative estimate of drug-likeness (QED) is 0.841. The van der Waals surface area contributed by atoms with E-state index in [-0.39, 0.29) is 12.3 Å². The smallest absolute Gasteiger partial charge is 0.230 e. The van der Waals surface area contributed by atoms with E-state index in [4.69, 9.17) is 11.2 Å². The summed E-state index contributed by atoms with van der Waals surface area (Å²) in [7, 11) is 0. The van der Waals surface area contributed by atoms with Crippen molar-refractivity contribution < 1.29 is 9.53 Å². The Kier molecular flexibility index (Phi) is 3.71. The molecule has 5 nitrogen and oxygen atoms in total. The summed E-state index contributed by atoms with van der Waals surface area (Å²) in [5.74, 6) is 3.00. The van der Waals surface area contributed by atoms with Crippen molar-refractivity contribution in [2.45, 2.75) is 19.4 Å². The third kappa shape index (κ3) is 2.96. The maximum absolute atomic E-state index is 12.1. The monoisotopic (exact) mass is 281 g/mol. The lowest BCUT2D eigenvalue weighted by molar-refractivity contribution is -0.115. The van der Waals surface area contributed by atoms with Crippen molar-refractivity contribution in [1.29, 1.82) is 0 Å². The second kappa shape index (κ2) is 5.81. The molecule has 106 valence electrons. The van der Waals surface area contributed by atoms with E-state index < -0.39 is 0 Å². The van der Waals surface area contributed by atoms with E-state index in [1.807, 2.05) is 24.3 Å². The number of hydrogen-bond acceptors (Lipinski definition) is 3. The predicted molar refractivity (Wildman–Crippen MR) is 78.7 cm³/mol. The number of terminal acetylenes is 1. The van der Waals surface area contributed by atoms with Crippen LogP contribution < -0.4 is 5.32 Å². The lowest BCUT2D eigenvalue weighted by Gasteiger charge is -2.12. The Morgan fingerprint density at radius 1 is 1.52 bits per heavy atom. The molecular formula is C16H15N3O2. The molecular weight excluding hydrogens is 266 g/mol. The number of H-pyrrole nitrogens is 1. The molecule has 1 aromatic heterocycles. The molecule has 2 heterocycles. The summed E-state index contributed by atoms with van der Waals surface area (Å²) in [5, 5.41) is 9.91. The number of nitrogens with one attached hydrogen (secondary N) is 2. The largest absolute Gasteiger partial charge is 0.376 e. The van der Waals surface area contributed by atoms with Gasteiger partial charge in [0.05, 0.1) is 19.6 Å². The van der Waals surface area contributed by atoms with E-state index in [1.165, 1.54) is 0 Å². The molecule has 1 aliphatic heterocycles. The highest BCUT2D eigenvalue weighted by Gasteiger charge is 2.18. The van der Waals surface area contributed by atoms with E-state index in [9.17, 15) is 4.79 Å². The van der Waals surface area contributed by atoms with Gasteiger partial charge in [-0.2, -0.15) is 5.10 Å². The number of anilines is 1. The summed E-state index contributed by atoms with van der Waals surface area (Å²) in [6.45, 7) is 1.16. The number of carbonyl (C=O) groups excluding carboxylic acids is 1. The highest BCUT2D eigenvalue weighted by atomic mass is 16.5. The number of fused-ring (bicyclic) bond motifs is 1. The predicted octanol–water partition coefficient (Wildman–Crippen LogP) is 1.64. The van der Waals surface area contributed by atoms with Gasteiger partial charge in [-0.1, -0.05) is 18.1 Å². The lowest BCUT2D eigenvalue weighted by Crippen LogP contribution is -2.17. The Labute approximate surface area is 122 Å². The van der Waals surface area contributed by atoms with Crippen LogP contribution in [-0.4, -0.2) is 22.7 Å². The van der Waals surface area contributed by atoms with Gasteiger partial charge in [0.2, 0.25) is 5.91 Å². The fourth-order valence-corrected chi connectivity index (χ4v) is 2.35. The molecule has 0 aliphatic carbocycles. The molecule has 0 radical (unpaired) electrons. The Morgan fingerprint density at radius 2 is 2.43 bits per heavy atom. The zero-order chi connectivity index (χ0) is 14.7. The number of hydrogen-bond donors (Lipinski definition) is 2. The molecule has 0 saturated heterocycles. The molecule has 1 aromatic carbocycles. The number of ether oxygens (including phenoxy) is 1. The van der Waals surface area contributed by atoms with Crippen molar-refractivity contribution in [2.75, 3.05) is 11.9 Å². The average molecular weight is 281 g/mol. The normalized spacial score (nSPS) is 13.3. The first-order chi connectivity index (χ1) is 10.3. The maximum atomic E-state index is 12.1. The molecule has 0 spiro atoms. The third-order valence-electron chi connectivity index (χ3n) is 3.41. The molecule has 0 bridgehead atoms. The summed E-state index contributed by atoms with van der Waals surface area (Å²) in [4.78, 5) is 12.1. The van der Waals surface area contributed by atoms with Crippen molar-refractivity contribution in [3.63, 3.8) is 0 Å². The van der Waals surface area contributed by atoms with Crippen LogP contribution in [0.4, 0.5) is 5.82 Å². The molecule has 0 fully saturated rings. The van der Waals surface area contributed by atoms with Gasteiger partial charge >= 0.3 is 0 Å². The molecule has 0 saturated carbocycles. The van der Waals surface area contributed by atoms with Crippen LogP contribution >= 0.6 is 0 Å². The second-order valence-corrected chi connectivity index (χ2v) is 4.90. The van der Waals surface area contributed by atoms with Crippen molar-refractivity contribution in [2.24, 2.45) is 0 Å². The molecule has 0 unspecified atom stereocenters. The highest BCUT2D eigenvalue weighted by Crippen LogP contribution is 2.22. The number of rotatable bonds is 3. The number of amides is 1. The minimum Gasteiger partial charge on any atom is -0.376 e. The summed E-state index contributed by atoms with van der Waals surface area (Å²) < 4.78 is 5.39. The SMILES string of the molecule is C#Cc1cccc(CC(=O)Nc2n[nH]c3c2COCC3)c1. The first-order valence-electron chi connectivity index (χ1n) is 6.75. The van der Waals surface area contributed by atoms with E-state index in [1.54, 1.807) is 0 Å².